The van der Waals surface area contributed by atoms with Crippen molar-refractivity contribution in [2.45, 2.75) is 25.8 Å². The van der Waals surface area contributed by atoms with Crippen LogP contribution in [0.5, 0.6) is 0 Å². The summed E-state index contributed by atoms with van der Waals surface area (Å²) < 4.78 is 0. The Hall–Kier alpha value is -1.36. The molecule has 0 radical (unpaired) electrons. The zero-order valence-corrected chi connectivity index (χ0v) is 10.4. The molecule has 0 saturated carbocycles. The van der Waals surface area contributed by atoms with Crippen molar-refractivity contribution < 1.29 is 4.79 Å². The number of likely N-dealkylation sites (tertiary alicyclic amines) is 1. The summed E-state index contributed by atoms with van der Waals surface area (Å²) in [6, 6.07) is -0.311. The minimum atomic E-state index is -0.311. The second-order valence-electron chi connectivity index (χ2n) is 4.12. The lowest BCUT2D eigenvalue weighted by molar-refractivity contribution is -0.130. The fourth-order valence-corrected chi connectivity index (χ4v) is 1.95. The van der Waals surface area contributed by atoms with Crippen molar-refractivity contribution in [1.82, 2.24) is 14.9 Å². The van der Waals surface area contributed by atoms with E-state index in [1.54, 1.807) is 0 Å². The van der Waals surface area contributed by atoms with Crippen LogP contribution in [0.2, 0.25) is 5.02 Å². The first-order valence-electron chi connectivity index (χ1n) is 5.69. The Morgan fingerprint density at radius 2 is 2.00 bits per heavy atom. The van der Waals surface area contributed by atoms with Crippen molar-refractivity contribution in [3.05, 3.63) is 17.4 Å². The van der Waals surface area contributed by atoms with E-state index in [2.05, 4.69) is 15.3 Å². The van der Waals surface area contributed by atoms with Gasteiger partial charge in [-0.25, -0.2) is 9.97 Å². The molecule has 1 aromatic rings. The summed E-state index contributed by atoms with van der Waals surface area (Å²) in [6.07, 6.45) is 5.19. The summed E-state index contributed by atoms with van der Waals surface area (Å²) >= 11 is 5.69. The van der Waals surface area contributed by atoms with E-state index in [-0.39, 0.29) is 11.9 Å². The van der Waals surface area contributed by atoms with Crippen LogP contribution in [-0.4, -0.2) is 39.9 Å². The van der Waals surface area contributed by atoms with Gasteiger partial charge in [0.25, 0.3) is 0 Å². The van der Waals surface area contributed by atoms with Gasteiger partial charge >= 0.3 is 0 Å². The summed E-state index contributed by atoms with van der Waals surface area (Å²) in [5.74, 6) is 0.524. The highest BCUT2D eigenvalue weighted by Gasteiger charge is 2.23. The summed E-state index contributed by atoms with van der Waals surface area (Å²) in [7, 11) is 0. The predicted octanol–water partition coefficient (Wildman–Crippen LogP) is 1.55. The molecule has 1 aliphatic heterocycles. The van der Waals surface area contributed by atoms with Gasteiger partial charge in [0.1, 0.15) is 6.04 Å². The first-order chi connectivity index (χ1) is 8.16. The van der Waals surface area contributed by atoms with E-state index in [9.17, 15) is 4.79 Å². The third kappa shape index (κ3) is 3.06. The molecule has 2 heterocycles. The first-order valence-corrected chi connectivity index (χ1v) is 6.07. The fraction of sp³-hybridized carbons (Fsp3) is 0.545. The highest BCUT2D eigenvalue weighted by Crippen LogP contribution is 2.11. The SMILES string of the molecule is CC(Nc1ncc(Cl)cn1)C(=O)N1CCCC1. The van der Waals surface area contributed by atoms with Crippen molar-refractivity contribution in [3.63, 3.8) is 0 Å². The topological polar surface area (TPSA) is 58.1 Å². The van der Waals surface area contributed by atoms with Crippen molar-refractivity contribution >= 4 is 23.5 Å². The van der Waals surface area contributed by atoms with Gasteiger partial charge in [-0.05, 0) is 19.8 Å². The summed E-state index contributed by atoms with van der Waals surface area (Å²) in [6.45, 7) is 3.53. The van der Waals surface area contributed by atoms with E-state index in [1.807, 2.05) is 11.8 Å². The van der Waals surface area contributed by atoms with Crippen LogP contribution in [0.25, 0.3) is 0 Å². The molecular formula is C11H15ClN4O. The van der Waals surface area contributed by atoms with Crippen molar-refractivity contribution in [1.29, 1.82) is 0 Å². The molecule has 1 aromatic heterocycles. The average Bonchev–Trinajstić information content (AvgIpc) is 2.84. The maximum absolute atomic E-state index is 12.0. The van der Waals surface area contributed by atoms with E-state index < -0.39 is 0 Å². The molecular weight excluding hydrogens is 240 g/mol. The molecule has 0 spiro atoms. The Kier molecular flexibility index (Phi) is 3.78. The number of halogens is 1. The Morgan fingerprint density at radius 3 is 2.59 bits per heavy atom. The van der Waals surface area contributed by atoms with E-state index >= 15 is 0 Å². The molecule has 5 nitrogen and oxygen atoms in total. The third-order valence-corrected chi connectivity index (χ3v) is 2.95. The number of anilines is 1. The van der Waals surface area contributed by atoms with Crippen LogP contribution in [-0.2, 0) is 4.79 Å². The molecule has 6 heteroatoms. The van der Waals surface area contributed by atoms with Gasteiger partial charge in [0.15, 0.2) is 0 Å². The summed E-state index contributed by atoms with van der Waals surface area (Å²) in [5.41, 5.74) is 0. The lowest BCUT2D eigenvalue weighted by atomic mass is 10.3. The van der Waals surface area contributed by atoms with Crippen molar-refractivity contribution in [2.24, 2.45) is 0 Å². The largest absolute Gasteiger partial charge is 0.343 e. The van der Waals surface area contributed by atoms with Crippen LogP contribution in [0.1, 0.15) is 19.8 Å². The zero-order valence-electron chi connectivity index (χ0n) is 9.69. The van der Waals surface area contributed by atoms with E-state index in [1.165, 1.54) is 12.4 Å². The molecule has 2 rings (SSSR count). The molecule has 1 atom stereocenters. The molecule has 17 heavy (non-hydrogen) atoms. The number of nitrogens with zero attached hydrogens (tertiary/aromatic N) is 3. The highest BCUT2D eigenvalue weighted by atomic mass is 35.5. The van der Waals surface area contributed by atoms with Gasteiger partial charge in [0, 0.05) is 13.1 Å². The molecule has 1 amide bonds. The Balaban J connectivity index is 1.93. The van der Waals surface area contributed by atoms with E-state index in [4.69, 9.17) is 11.6 Å². The molecule has 0 aromatic carbocycles. The van der Waals surface area contributed by atoms with E-state index in [0.29, 0.717) is 11.0 Å². The maximum Gasteiger partial charge on any atom is 0.244 e. The van der Waals surface area contributed by atoms with Gasteiger partial charge < -0.3 is 10.2 Å². The lowest BCUT2D eigenvalue weighted by Crippen LogP contribution is -2.39. The van der Waals surface area contributed by atoms with Crippen LogP contribution >= 0.6 is 11.6 Å². The molecule has 0 aliphatic carbocycles. The Labute approximate surface area is 105 Å². The average molecular weight is 255 g/mol. The number of nitrogens with one attached hydrogen (secondary N) is 1. The van der Waals surface area contributed by atoms with Gasteiger partial charge in [-0.3, -0.25) is 4.79 Å². The monoisotopic (exact) mass is 254 g/mol. The van der Waals surface area contributed by atoms with Crippen LogP contribution in [0, 0.1) is 0 Å². The molecule has 92 valence electrons. The maximum atomic E-state index is 12.0. The summed E-state index contributed by atoms with van der Waals surface area (Å²) in [4.78, 5) is 21.9. The molecule has 1 unspecified atom stereocenters. The number of hydrogen-bond acceptors (Lipinski definition) is 4. The van der Waals surface area contributed by atoms with Gasteiger partial charge in [0.05, 0.1) is 17.4 Å². The fourth-order valence-electron chi connectivity index (χ4n) is 1.85. The quantitative estimate of drug-likeness (QED) is 0.889. The Bertz CT molecular complexity index is 389. The smallest absolute Gasteiger partial charge is 0.244 e. The van der Waals surface area contributed by atoms with Gasteiger partial charge in [0.2, 0.25) is 11.9 Å². The first kappa shape index (κ1) is 12.1. The minimum Gasteiger partial charge on any atom is -0.343 e. The highest BCUT2D eigenvalue weighted by molar-refractivity contribution is 6.30. The third-order valence-electron chi connectivity index (χ3n) is 2.75. The molecule has 1 aliphatic rings. The number of hydrogen-bond donors (Lipinski definition) is 1. The van der Waals surface area contributed by atoms with Crippen LogP contribution in [0.4, 0.5) is 5.95 Å². The molecule has 1 saturated heterocycles. The Morgan fingerprint density at radius 1 is 1.41 bits per heavy atom. The van der Waals surface area contributed by atoms with Crippen molar-refractivity contribution in [3.8, 4) is 0 Å². The number of aromatic nitrogens is 2. The predicted molar refractivity (Wildman–Crippen MR) is 65.9 cm³/mol. The second-order valence-corrected chi connectivity index (χ2v) is 4.56. The minimum absolute atomic E-state index is 0.0982. The number of carbonyl (C=O) groups excluding carboxylic acids is 1. The molecule has 1 N–H and O–H groups in total. The summed E-state index contributed by atoms with van der Waals surface area (Å²) in [5, 5.41) is 3.45. The normalized spacial score (nSPS) is 16.9. The second kappa shape index (κ2) is 5.31. The number of carbonyl (C=O) groups is 1. The van der Waals surface area contributed by atoms with Crippen LogP contribution in [0.3, 0.4) is 0 Å². The number of amides is 1. The number of rotatable bonds is 3. The van der Waals surface area contributed by atoms with Crippen LogP contribution < -0.4 is 5.32 Å². The van der Waals surface area contributed by atoms with E-state index in [0.717, 1.165) is 25.9 Å². The van der Waals surface area contributed by atoms with Crippen LogP contribution in [0.15, 0.2) is 12.4 Å². The van der Waals surface area contributed by atoms with Crippen molar-refractivity contribution in [2.75, 3.05) is 18.4 Å². The van der Waals surface area contributed by atoms with Gasteiger partial charge in [-0.2, -0.15) is 0 Å². The standard InChI is InChI=1S/C11H15ClN4O/c1-8(10(17)16-4-2-3-5-16)15-11-13-6-9(12)7-14-11/h6-8H,2-5H2,1H3,(H,13,14,15). The molecule has 1 fully saturated rings. The zero-order chi connectivity index (χ0) is 12.3. The van der Waals surface area contributed by atoms with Gasteiger partial charge in [-0.1, -0.05) is 11.6 Å². The molecule has 0 bridgehead atoms. The lowest BCUT2D eigenvalue weighted by Gasteiger charge is -2.20. The van der Waals surface area contributed by atoms with Gasteiger partial charge in [-0.15, -0.1) is 0 Å².